The van der Waals surface area contributed by atoms with Crippen molar-refractivity contribution in [3.05, 3.63) is 114 Å². The Hall–Kier alpha value is -4.74. The second-order valence-corrected chi connectivity index (χ2v) is 13.0. The number of primary amides is 1. The van der Waals surface area contributed by atoms with E-state index in [9.17, 15) is 23.1 Å². The largest absolute Gasteiger partial charge is 0.510 e. The summed E-state index contributed by atoms with van der Waals surface area (Å²) in [5, 5.41) is 11.8. The number of carbonyl (C=O) groups is 2. The topological polar surface area (TPSA) is 160 Å². The highest BCUT2D eigenvalue weighted by atomic mass is 32.2. The zero-order valence-electron chi connectivity index (χ0n) is 25.5. The van der Waals surface area contributed by atoms with Crippen molar-refractivity contribution in [3.63, 3.8) is 0 Å². The molecule has 1 aromatic heterocycles. The lowest BCUT2D eigenvalue weighted by Crippen LogP contribution is -2.45. The van der Waals surface area contributed by atoms with Crippen LogP contribution >= 0.6 is 0 Å². The Balaban J connectivity index is 0.000000247. The van der Waals surface area contributed by atoms with Crippen molar-refractivity contribution in [1.82, 2.24) is 4.98 Å². The second kappa shape index (κ2) is 13.7. The van der Waals surface area contributed by atoms with Crippen LogP contribution in [0, 0.1) is 0 Å². The van der Waals surface area contributed by atoms with Gasteiger partial charge in [0.2, 0.25) is 5.91 Å². The third-order valence-electron chi connectivity index (χ3n) is 8.12. The number of hydrogen-bond acceptors (Lipinski definition) is 8. The second-order valence-electron chi connectivity index (χ2n) is 11.6. The van der Waals surface area contributed by atoms with Crippen molar-refractivity contribution >= 4 is 38.6 Å². The summed E-state index contributed by atoms with van der Waals surface area (Å²) in [6.07, 6.45) is 6.52. The van der Waals surface area contributed by atoms with Gasteiger partial charge in [-0.2, -0.15) is 8.42 Å². The van der Waals surface area contributed by atoms with Crippen LogP contribution in [-0.4, -0.2) is 46.6 Å². The number of hydrogen-bond donors (Lipinski definition) is 3. The van der Waals surface area contributed by atoms with Gasteiger partial charge in [-0.15, -0.1) is 0 Å². The number of aliphatic hydroxyl groups is 1. The Morgan fingerprint density at radius 2 is 1.74 bits per heavy atom. The molecule has 0 spiro atoms. The lowest BCUT2D eigenvalue weighted by molar-refractivity contribution is -0.160. The maximum absolute atomic E-state index is 13.3. The minimum atomic E-state index is -4.19. The summed E-state index contributed by atoms with van der Waals surface area (Å²) in [5.74, 6) is -0.985. The Kier molecular flexibility index (Phi) is 9.74. The quantitative estimate of drug-likeness (QED) is 0.137. The molecule has 1 fully saturated rings. The van der Waals surface area contributed by atoms with E-state index in [1.807, 2.05) is 29.2 Å². The summed E-state index contributed by atoms with van der Waals surface area (Å²) in [7, 11) is -4.19. The maximum Gasteiger partial charge on any atom is 0.359 e. The van der Waals surface area contributed by atoms with Crippen LogP contribution < -0.4 is 10.6 Å². The molecular weight excluding hydrogens is 606 g/mol. The van der Waals surface area contributed by atoms with E-state index in [1.54, 1.807) is 42.5 Å². The molecule has 0 radical (unpaired) electrons. The number of carbonyl (C=O) groups excluding carboxylic acids is 2. The molecular formula is C35H37N3O7S. The molecule has 0 saturated heterocycles. The number of esters is 1. The molecule has 46 heavy (non-hydrogen) atoms. The van der Waals surface area contributed by atoms with Gasteiger partial charge in [0.25, 0.3) is 10.1 Å². The molecule has 1 unspecified atom stereocenters. The third-order valence-corrected chi connectivity index (χ3v) is 9.00. The molecule has 4 aromatic rings. The van der Waals surface area contributed by atoms with Crippen LogP contribution in [0.15, 0.2) is 107 Å². The minimum absolute atomic E-state index is 0.0548. The van der Waals surface area contributed by atoms with Gasteiger partial charge >= 0.3 is 5.97 Å². The predicted octanol–water partition coefficient (Wildman–Crippen LogP) is 6.12. The van der Waals surface area contributed by atoms with E-state index < -0.39 is 27.6 Å². The molecule has 1 atom stereocenters. The van der Waals surface area contributed by atoms with E-state index in [2.05, 4.69) is 24.0 Å². The van der Waals surface area contributed by atoms with Crippen molar-refractivity contribution in [2.45, 2.75) is 68.4 Å². The zero-order valence-corrected chi connectivity index (χ0v) is 26.3. The fourth-order valence-corrected chi connectivity index (χ4v) is 6.52. The molecule has 11 heteroatoms. The van der Waals surface area contributed by atoms with Gasteiger partial charge in [0.15, 0.2) is 5.70 Å². The van der Waals surface area contributed by atoms with E-state index in [4.69, 9.17) is 15.0 Å². The fraction of sp³-hybridized carbons (Fsp3) is 0.286. The number of para-hydroxylation sites is 1. The molecule has 10 nitrogen and oxygen atoms in total. The van der Waals surface area contributed by atoms with Crippen LogP contribution in [-0.2, 0) is 26.1 Å². The summed E-state index contributed by atoms with van der Waals surface area (Å²) in [5.41, 5.74) is 7.40. The van der Waals surface area contributed by atoms with Gasteiger partial charge in [-0.3, -0.25) is 14.3 Å². The van der Waals surface area contributed by atoms with E-state index in [0.29, 0.717) is 29.5 Å². The standard InChI is InChI=1S/C26H30N2O4.C9H7NO3S/c1-2-14-26(15-13-18-7-4-3-5-8-18)17-22(29)23(25(31)32-26)28(20-11-12-20)21-10-6-9-19(16-21)24(27)30;11-14(12,13)8-5-1-3-7-4-2-6-10-9(7)8/h3-10,16,20,29H,2,11-15,17H2,1H3,(H2,27,30);1-6H,(H,11,12,13). The smallest absolute Gasteiger partial charge is 0.359 e. The first kappa shape index (κ1) is 32.6. The highest BCUT2D eigenvalue weighted by Crippen LogP contribution is 2.42. The Bertz CT molecular complexity index is 1870. The number of aryl methyl sites for hydroxylation is 1. The number of rotatable bonds is 10. The number of ether oxygens (including phenoxy) is 1. The summed E-state index contributed by atoms with van der Waals surface area (Å²) >= 11 is 0. The summed E-state index contributed by atoms with van der Waals surface area (Å²) in [4.78, 5) is 30.5. The number of amides is 1. The van der Waals surface area contributed by atoms with Crippen molar-refractivity contribution in [2.75, 3.05) is 4.90 Å². The number of aromatic nitrogens is 1. The van der Waals surface area contributed by atoms with Crippen molar-refractivity contribution < 1.29 is 32.4 Å². The number of anilines is 1. The number of fused-ring (bicyclic) bond motifs is 1. The first-order valence-corrected chi connectivity index (χ1v) is 16.6. The third kappa shape index (κ3) is 7.55. The van der Waals surface area contributed by atoms with Gasteiger partial charge in [0.1, 0.15) is 16.3 Å². The SMILES string of the molecule is CCCC1(CCc2ccccc2)CC(O)=C(N(c2cccc(C(N)=O)c2)C2CC2)C(=O)O1.O=S(=O)(O)c1cccc2cccnc12. The Morgan fingerprint density at radius 1 is 1.02 bits per heavy atom. The average Bonchev–Trinajstić information content (AvgIpc) is 3.87. The number of pyridine rings is 1. The van der Waals surface area contributed by atoms with Crippen LogP contribution in [0.5, 0.6) is 0 Å². The van der Waals surface area contributed by atoms with Gasteiger partial charge in [0, 0.05) is 35.3 Å². The van der Waals surface area contributed by atoms with E-state index >= 15 is 0 Å². The van der Waals surface area contributed by atoms with Crippen LogP contribution in [0.2, 0.25) is 0 Å². The van der Waals surface area contributed by atoms with Crippen molar-refractivity contribution in [2.24, 2.45) is 5.73 Å². The summed E-state index contributed by atoms with van der Waals surface area (Å²) in [6, 6.07) is 25.1. The number of benzene rings is 3. The fourth-order valence-electron chi connectivity index (χ4n) is 5.85. The Morgan fingerprint density at radius 3 is 2.39 bits per heavy atom. The maximum atomic E-state index is 13.3. The molecule has 1 aliphatic heterocycles. The van der Waals surface area contributed by atoms with E-state index in [1.165, 1.54) is 17.8 Å². The highest BCUT2D eigenvalue weighted by Gasteiger charge is 2.45. The van der Waals surface area contributed by atoms with Gasteiger partial charge in [-0.05, 0) is 68.0 Å². The Labute approximate surface area is 268 Å². The van der Waals surface area contributed by atoms with Crippen LogP contribution in [0.3, 0.4) is 0 Å². The number of nitrogens with zero attached hydrogens (tertiary/aromatic N) is 2. The summed E-state index contributed by atoms with van der Waals surface area (Å²) < 4.78 is 36.9. The molecule has 2 heterocycles. The average molecular weight is 644 g/mol. The molecule has 0 bridgehead atoms. The molecule has 1 amide bonds. The van der Waals surface area contributed by atoms with Gasteiger partial charge in [-0.1, -0.05) is 67.9 Å². The molecule has 240 valence electrons. The summed E-state index contributed by atoms with van der Waals surface area (Å²) in [6.45, 7) is 2.06. The van der Waals surface area contributed by atoms with Gasteiger partial charge < -0.3 is 20.5 Å². The normalized spacial score (nSPS) is 18.0. The molecule has 3 aromatic carbocycles. The number of cyclic esters (lactones) is 1. The van der Waals surface area contributed by atoms with E-state index in [-0.39, 0.29) is 34.3 Å². The van der Waals surface area contributed by atoms with Crippen molar-refractivity contribution in [3.8, 4) is 0 Å². The van der Waals surface area contributed by atoms with Crippen LogP contribution in [0.1, 0.15) is 61.4 Å². The molecule has 4 N–H and O–H groups in total. The number of aliphatic hydroxyl groups excluding tert-OH is 1. The minimum Gasteiger partial charge on any atom is -0.510 e. The molecule has 2 aliphatic rings. The van der Waals surface area contributed by atoms with Gasteiger partial charge in [-0.25, -0.2) is 4.79 Å². The van der Waals surface area contributed by atoms with Gasteiger partial charge in [0.05, 0.1) is 5.52 Å². The number of nitrogens with two attached hydrogens (primary N) is 1. The van der Waals surface area contributed by atoms with Crippen molar-refractivity contribution in [1.29, 1.82) is 0 Å². The lowest BCUT2D eigenvalue weighted by Gasteiger charge is -2.40. The van der Waals surface area contributed by atoms with E-state index in [0.717, 1.165) is 25.7 Å². The van der Waals surface area contributed by atoms with Crippen LogP contribution in [0.4, 0.5) is 5.69 Å². The predicted molar refractivity (Wildman–Crippen MR) is 175 cm³/mol. The first-order valence-electron chi connectivity index (χ1n) is 15.2. The lowest BCUT2D eigenvalue weighted by atomic mass is 9.84. The molecule has 6 rings (SSSR count). The highest BCUT2D eigenvalue weighted by molar-refractivity contribution is 7.86. The monoisotopic (exact) mass is 643 g/mol. The zero-order chi connectivity index (χ0) is 32.9. The van der Waals surface area contributed by atoms with Crippen LogP contribution in [0.25, 0.3) is 10.9 Å². The molecule has 1 aliphatic carbocycles. The first-order chi connectivity index (χ1) is 22.0. The molecule has 1 saturated carbocycles.